The van der Waals surface area contributed by atoms with Gasteiger partial charge in [0.25, 0.3) is 0 Å². The molecule has 5 aromatic rings. The van der Waals surface area contributed by atoms with Gasteiger partial charge < -0.3 is 5.32 Å². The summed E-state index contributed by atoms with van der Waals surface area (Å²) in [6.45, 7) is 2.51. The Morgan fingerprint density at radius 1 is 1.04 bits per heavy atom. The average Bonchev–Trinajstić information content (AvgIpc) is 3.33. The summed E-state index contributed by atoms with van der Waals surface area (Å²) in [7, 11) is 0. The summed E-state index contributed by atoms with van der Waals surface area (Å²) in [5, 5.41) is 11.0. The van der Waals surface area contributed by atoms with Crippen molar-refractivity contribution in [3.63, 3.8) is 0 Å². The van der Waals surface area contributed by atoms with Gasteiger partial charge in [-0.25, -0.2) is 19.5 Å². The van der Waals surface area contributed by atoms with Crippen LogP contribution >= 0.6 is 11.3 Å². The van der Waals surface area contributed by atoms with Gasteiger partial charge in [0.2, 0.25) is 0 Å². The predicted octanol–water partition coefficient (Wildman–Crippen LogP) is 4.32. The topological polar surface area (TPSA) is 68.0 Å². The number of nitrogens with zero attached hydrogens (tertiary/aromatic N) is 5. The molecule has 0 aliphatic heterocycles. The van der Waals surface area contributed by atoms with E-state index in [0.29, 0.717) is 6.54 Å². The van der Waals surface area contributed by atoms with Gasteiger partial charge in [0.15, 0.2) is 5.65 Å². The number of anilines is 1. The molecule has 132 valence electrons. The first-order chi connectivity index (χ1) is 13.3. The molecular formula is C20H16N6S. The minimum atomic E-state index is 0.594. The van der Waals surface area contributed by atoms with E-state index in [9.17, 15) is 0 Å². The van der Waals surface area contributed by atoms with Crippen LogP contribution in [0.15, 0.2) is 60.2 Å². The van der Waals surface area contributed by atoms with Crippen LogP contribution in [0.1, 0.15) is 11.5 Å². The summed E-state index contributed by atoms with van der Waals surface area (Å²) in [6.07, 6.45) is 3.56. The van der Waals surface area contributed by atoms with Crippen molar-refractivity contribution in [2.75, 3.05) is 5.32 Å². The van der Waals surface area contributed by atoms with Gasteiger partial charge in [0.1, 0.15) is 16.5 Å². The van der Waals surface area contributed by atoms with E-state index in [4.69, 9.17) is 0 Å². The third kappa shape index (κ3) is 2.82. The molecule has 0 saturated heterocycles. The van der Waals surface area contributed by atoms with Crippen LogP contribution in [0.4, 0.5) is 5.82 Å². The first-order valence-electron chi connectivity index (χ1n) is 8.62. The van der Waals surface area contributed by atoms with Gasteiger partial charge in [0.05, 0.1) is 23.8 Å². The molecule has 4 heterocycles. The second-order valence-corrected chi connectivity index (χ2v) is 7.06. The molecule has 0 spiro atoms. The van der Waals surface area contributed by atoms with Crippen molar-refractivity contribution in [2.24, 2.45) is 0 Å². The molecule has 0 atom stereocenters. The van der Waals surface area contributed by atoms with Gasteiger partial charge in [-0.3, -0.25) is 0 Å². The molecule has 0 radical (unpaired) electrons. The molecule has 0 aliphatic carbocycles. The zero-order chi connectivity index (χ0) is 18.2. The summed E-state index contributed by atoms with van der Waals surface area (Å²) in [5.74, 6) is 1.60. The molecule has 0 unspecified atom stereocenters. The fourth-order valence-corrected chi connectivity index (χ4v) is 4.19. The second-order valence-electron chi connectivity index (χ2n) is 6.21. The number of fused-ring (bicyclic) bond motifs is 2. The van der Waals surface area contributed by atoms with Crippen molar-refractivity contribution in [1.82, 2.24) is 24.6 Å². The first-order valence-corrected chi connectivity index (χ1v) is 9.50. The first kappa shape index (κ1) is 15.9. The van der Waals surface area contributed by atoms with Crippen molar-refractivity contribution in [1.29, 1.82) is 0 Å². The van der Waals surface area contributed by atoms with E-state index in [-0.39, 0.29) is 0 Å². The quantitative estimate of drug-likeness (QED) is 0.509. The van der Waals surface area contributed by atoms with Crippen molar-refractivity contribution in [3.8, 4) is 11.1 Å². The zero-order valence-corrected chi connectivity index (χ0v) is 15.4. The van der Waals surface area contributed by atoms with E-state index in [1.807, 2.05) is 41.8 Å². The lowest BCUT2D eigenvalue weighted by Gasteiger charge is -2.10. The Hall–Kier alpha value is -3.32. The lowest BCUT2D eigenvalue weighted by Crippen LogP contribution is -2.08. The van der Waals surface area contributed by atoms with Crippen LogP contribution in [0.5, 0.6) is 0 Å². The van der Waals surface area contributed by atoms with Crippen LogP contribution in [0.2, 0.25) is 0 Å². The molecule has 7 heteroatoms. The Morgan fingerprint density at radius 3 is 2.81 bits per heavy atom. The molecule has 27 heavy (non-hydrogen) atoms. The number of aryl methyl sites for hydroxylation is 1. The van der Waals surface area contributed by atoms with Crippen LogP contribution in [0.3, 0.4) is 0 Å². The lowest BCUT2D eigenvalue weighted by atomic mass is 10.1. The number of rotatable bonds is 4. The van der Waals surface area contributed by atoms with Gasteiger partial charge in [-0.15, -0.1) is 11.3 Å². The van der Waals surface area contributed by atoms with Crippen molar-refractivity contribution in [2.45, 2.75) is 13.5 Å². The molecule has 0 saturated carbocycles. The van der Waals surface area contributed by atoms with Crippen molar-refractivity contribution in [3.05, 3.63) is 71.8 Å². The predicted molar refractivity (Wildman–Crippen MR) is 108 cm³/mol. The van der Waals surface area contributed by atoms with Crippen LogP contribution in [0.25, 0.3) is 27.0 Å². The van der Waals surface area contributed by atoms with E-state index in [0.717, 1.165) is 44.3 Å². The van der Waals surface area contributed by atoms with Crippen molar-refractivity contribution < 1.29 is 0 Å². The van der Waals surface area contributed by atoms with Crippen LogP contribution in [0, 0.1) is 6.92 Å². The maximum Gasteiger partial charge on any atom is 0.155 e. The van der Waals surface area contributed by atoms with E-state index >= 15 is 0 Å². The molecule has 0 aliphatic rings. The molecule has 6 nitrogen and oxygen atoms in total. The van der Waals surface area contributed by atoms with E-state index in [1.54, 1.807) is 23.7 Å². The van der Waals surface area contributed by atoms with Gasteiger partial charge in [0, 0.05) is 23.2 Å². The SMILES string of the molecule is Cc1nc(NCc2ccnc3ccnn23)c2c(-c3ccccc3)csc2n1. The third-order valence-electron chi connectivity index (χ3n) is 4.44. The summed E-state index contributed by atoms with van der Waals surface area (Å²) in [6, 6.07) is 14.2. The highest BCUT2D eigenvalue weighted by Crippen LogP contribution is 2.36. The summed E-state index contributed by atoms with van der Waals surface area (Å²) >= 11 is 1.64. The number of nitrogens with one attached hydrogen (secondary N) is 1. The molecule has 0 amide bonds. The van der Waals surface area contributed by atoms with Crippen LogP contribution in [-0.2, 0) is 6.54 Å². The molecule has 0 fully saturated rings. The fraction of sp³-hybridized carbons (Fsp3) is 0.100. The summed E-state index contributed by atoms with van der Waals surface area (Å²) in [4.78, 5) is 14.6. The van der Waals surface area contributed by atoms with Crippen LogP contribution < -0.4 is 5.32 Å². The molecule has 5 rings (SSSR count). The second kappa shape index (κ2) is 6.44. The minimum absolute atomic E-state index is 0.594. The average molecular weight is 372 g/mol. The van der Waals surface area contributed by atoms with Gasteiger partial charge in [-0.05, 0) is 18.6 Å². The number of hydrogen-bond acceptors (Lipinski definition) is 6. The smallest absolute Gasteiger partial charge is 0.155 e. The number of aromatic nitrogens is 5. The maximum absolute atomic E-state index is 4.68. The highest BCUT2D eigenvalue weighted by molar-refractivity contribution is 7.17. The standard InChI is InChI=1S/C20H16N6S/c1-13-24-19(22-11-15-7-9-21-17-8-10-23-26(15)17)18-16(12-27-20(18)25-13)14-5-3-2-4-6-14/h2-10,12H,11H2,1H3,(H,22,24,25). The summed E-state index contributed by atoms with van der Waals surface area (Å²) < 4.78 is 1.84. The monoisotopic (exact) mass is 372 g/mol. The van der Waals surface area contributed by atoms with Crippen LogP contribution in [-0.4, -0.2) is 24.6 Å². The highest BCUT2D eigenvalue weighted by Gasteiger charge is 2.14. The Balaban J connectivity index is 1.58. The molecule has 0 bridgehead atoms. The Kier molecular flexibility index (Phi) is 3.79. The number of benzene rings is 1. The summed E-state index contributed by atoms with van der Waals surface area (Å²) in [5.41, 5.74) is 4.17. The van der Waals surface area contributed by atoms with Gasteiger partial charge in [-0.1, -0.05) is 30.3 Å². The lowest BCUT2D eigenvalue weighted by molar-refractivity contribution is 0.851. The van der Waals surface area contributed by atoms with E-state index in [2.05, 4.69) is 42.9 Å². The third-order valence-corrected chi connectivity index (χ3v) is 5.31. The Morgan fingerprint density at radius 2 is 1.93 bits per heavy atom. The normalized spacial score (nSPS) is 11.3. The zero-order valence-electron chi connectivity index (χ0n) is 14.6. The molecule has 4 aromatic heterocycles. The highest BCUT2D eigenvalue weighted by atomic mass is 32.1. The largest absolute Gasteiger partial charge is 0.364 e. The fourth-order valence-electron chi connectivity index (χ4n) is 3.20. The van der Waals surface area contributed by atoms with Gasteiger partial charge in [-0.2, -0.15) is 5.10 Å². The minimum Gasteiger partial charge on any atom is -0.364 e. The molecule has 1 N–H and O–H groups in total. The van der Waals surface area contributed by atoms with Crippen molar-refractivity contribution >= 4 is 33.0 Å². The number of hydrogen-bond donors (Lipinski definition) is 1. The Labute approximate surface area is 159 Å². The maximum atomic E-state index is 4.68. The molecule has 1 aromatic carbocycles. The van der Waals surface area contributed by atoms with E-state index in [1.165, 1.54) is 0 Å². The Bertz CT molecular complexity index is 1240. The van der Waals surface area contributed by atoms with Gasteiger partial charge >= 0.3 is 0 Å². The molecular weight excluding hydrogens is 356 g/mol. The van der Waals surface area contributed by atoms with E-state index < -0.39 is 0 Å². The number of thiophene rings is 1.